The molecule has 3 nitrogen and oxygen atoms in total. The largest absolute Gasteiger partial charge is 0.310 e. The van der Waals surface area contributed by atoms with E-state index in [2.05, 4.69) is 372 Å². The second-order valence-electron chi connectivity index (χ2n) is 23.4. The molecule has 426 valence electrons. The Morgan fingerprint density at radius 1 is 0.165 bits per heavy atom. The first-order chi connectivity index (χ1) is 45.2. The molecule has 2 aromatic heterocycles. The summed E-state index contributed by atoms with van der Waals surface area (Å²) in [5, 5.41) is 15.1. The van der Waals surface area contributed by atoms with Gasteiger partial charge in [0.1, 0.15) is 0 Å². The van der Waals surface area contributed by atoms with Gasteiger partial charge in [-0.25, -0.2) is 0 Å². The van der Waals surface area contributed by atoms with Crippen molar-refractivity contribution in [3.63, 3.8) is 0 Å². The number of fused-ring (bicyclic) bond motifs is 10. The van der Waals surface area contributed by atoms with Crippen molar-refractivity contribution in [3.8, 4) is 55.9 Å². The minimum Gasteiger partial charge on any atom is -0.310 e. The molecule has 16 aromatic carbocycles. The number of nitrogens with zero attached hydrogens (tertiary/aromatic N) is 3. The molecular weight excluding hydrogens is 1100 g/mol. The average Bonchev–Trinajstić information content (AvgIpc) is 1.34. The minimum absolute atomic E-state index is 1.11. The van der Waals surface area contributed by atoms with Gasteiger partial charge < -0.3 is 14.0 Å². The first-order valence-corrected chi connectivity index (χ1v) is 31.3. The van der Waals surface area contributed by atoms with E-state index in [1.165, 1.54) is 137 Å². The predicted octanol–water partition coefficient (Wildman–Crippen LogP) is 24.3. The van der Waals surface area contributed by atoms with Crippen molar-refractivity contribution >= 4 is 104 Å². The molecule has 0 saturated carbocycles. The number of benzene rings is 16. The SMILES string of the molecule is c1ccc(-c2c3ccccc3c(-c3ccc(-n4c5ccccc5c5ccccc54)cc3)c3ccccc23)cc1.c1ccc(-c2c3ccccc3c(-c3ccccc3)c3cc(N(c4ccccc4)c4ccc5c(c4)c4ccccc4n5-c4ccccc4)ccc23)cc1. The third kappa shape index (κ3) is 9.13. The van der Waals surface area contributed by atoms with Gasteiger partial charge in [0.15, 0.2) is 0 Å². The molecule has 18 rings (SSSR count). The molecule has 0 aliphatic carbocycles. The molecule has 0 fully saturated rings. The van der Waals surface area contributed by atoms with Crippen molar-refractivity contribution in [1.82, 2.24) is 9.13 Å². The Hall–Kier alpha value is -12.0. The van der Waals surface area contributed by atoms with Crippen LogP contribution in [0.2, 0.25) is 0 Å². The smallest absolute Gasteiger partial charge is 0.0542 e. The molecule has 0 bridgehead atoms. The van der Waals surface area contributed by atoms with Crippen LogP contribution in [0.5, 0.6) is 0 Å². The maximum atomic E-state index is 2.40. The van der Waals surface area contributed by atoms with Crippen LogP contribution in [0.25, 0.3) is 143 Å². The molecule has 0 atom stereocenters. The molecule has 0 aliphatic rings. The molecule has 3 heteroatoms. The van der Waals surface area contributed by atoms with Gasteiger partial charge in [-0.1, -0.05) is 273 Å². The van der Waals surface area contributed by atoms with E-state index in [9.17, 15) is 0 Å². The van der Waals surface area contributed by atoms with Crippen LogP contribution in [0.4, 0.5) is 17.1 Å². The van der Waals surface area contributed by atoms with E-state index in [4.69, 9.17) is 0 Å². The number of anilines is 3. The number of hydrogen-bond acceptors (Lipinski definition) is 1. The minimum atomic E-state index is 1.11. The van der Waals surface area contributed by atoms with Gasteiger partial charge in [0.05, 0.1) is 22.1 Å². The van der Waals surface area contributed by atoms with E-state index in [1.807, 2.05) is 0 Å². The Morgan fingerprint density at radius 2 is 0.440 bits per heavy atom. The molecule has 0 N–H and O–H groups in total. The Morgan fingerprint density at radius 3 is 0.857 bits per heavy atom. The summed E-state index contributed by atoms with van der Waals surface area (Å²) in [6, 6.07) is 130. The lowest BCUT2D eigenvalue weighted by Gasteiger charge is -2.27. The van der Waals surface area contributed by atoms with Gasteiger partial charge in [-0.05, 0) is 173 Å². The molecule has 18 aromatic rings. The maximum absolute atomic E-state index is 2.40. The lowest BCUT2D eigenvalue weighted by molar-refractivity contribution is 1.18. The molecule has 91 heavy (non-hydrogen) atoms. The zero-order valence-corrected chi connectivity index (χ0v) is 49.9. The van der Waals surface area contributed by atoms with Crippen LogP contribution in [0.3, 0.4) is 0 Å². The van der Waals surface area contributed by atoms with E-state index in [0.717, 1.165) is 22.7 Å². The molecule has 2 heterocycles. The molecule has 0 aliphatic heterocycles. The van der Waals surface area contributed by atoms with Crippen molar-refractivity contribution in [1.29, 1.82) is 0 Å². The first kappa shape index (κ1) is 53.2. The van der Waals surface area contributed by atoms with E-state index in [-0.39, 0.29) is 0 Å². The van der Waals surface area contributed by atoms with Crippen LogP contribution in [-0.2, 0) is 0 Å². The molecule has 0 radical (unpaired) electrons. The highest BCUT2D eigenvalue weighted by molar-refractivity contribution is 6.23. The van der Waals surface area contributed by atoms with Crippen LogP contribution < -0.4 is 4.90 Å². The highest BCUT2D eigenvalue weighted by Gasteiger charge is 2.23. The van der Waals surface area contributed by atoms with Gasteiger partial charge >= 0.3 is 0 Å². The van der Waals surface area contributed by atoms with E-state index in [1.54, 1.807) is 0 Å². The van der Waals surface area contributed by atoms with Gasteiger partial charge in [-0.15, -0.1) is 0 Å². The van der Waals surface area contributed by atoms with E-state index < -0.39 is 0 Å². The zero-order chi connectivity index (χ0) is 60.2. The standard InChI is InChI=1S/C50H34N2.C38H25N/c1-5-17-35(18-6-1)49-42-26-13-14-27-43(42)50(36-19-7-2-8-20-36)46-34-39(29-31-44(46)49)51(37-21-9-3-10-22-37)40-30-32-48-45(33-40)41-25-15-16-28-47(41)52(48)38-23-11-4-12-24-38;1-2-12-26(13-3-1)37-31-16-4-6-18-33(31)38(34-19-7-5-17-32(34)37)27-22-24-28(25-23-27)39-35-20-10-8-14-29(35)30-15-9-11-21-36(30)39/h1-34H;1-25H. The Bertz CT molecular complexity index is 5620. The monoisotopic (exact) mass is 1160 g/mol. The van der Waals surface area contributed by atoms with Gasteiger partial charge in [0.2, 0.25) is 0 Å². The third-order valence-corrected chi connectivity index (χ3v) is 18.3. The van der Waals surface area contributed by atoms with Crippen molar-refractivity contribution in [2.45, 2.75) is 0 Å². The number of hydrogen-bond donors (Lipinski definition) is 0. The van der Waals surface area contributed by atoms with Crippen LogP contribution in [0.1, 0.15) is 0 Å². The highest BCUT2D eigenvalue weighted by Crippen LogP contribution is 2.48. The van der Waals surface area contributed by atoms with Crippen molar-refractivity contribution in [2.24, 2.45) is 0 Å². The molecule has 0 amide bonds. The number of para-hydroxylation sites is 5. The van der Waals surface area contributed by atoms with Crippen molar-refractivity contribution in [2.75, 3.05) is 4.90 Å². The quantitative estimate of drug-likeness (QED) is 0.131. The van der Waals surface area contributed by atoms with E-state index in [0.29, 0.717) is 0 Å². The summed E-state index contributed by atoms with van der Waals surface area (Å²) in [5.74, 6) is 0. The van der Waals surface area contributed by atoms with Gasteiger partial charge in [0, 0.05) is 50.0 Å². The Balaban J connectivity index is 0.000000146. The summed E-state index contributed by atoms with van der Waals surface area (Å²) in [7, 11) is 0. The van der Waals surface area contributed by atoms with Gasteiger partial charge in [-0.3, -0.25) is 0 Å². The summed E-state index contributed by atoms with van der Waals surface area (Å²) >= 11 is 0. The summed E-state index contributed by atoms with van der Waals surface area (Å²) in [6.45, 7) is 0. The summed E-state index contributed by atoms with van der Waals surface area (Å²) < 4.78 is 4.75. The number of aromatic nitrogens is 2. The zero-order valence-electron chi connectivity index (χ0n) is 49.9. The van der Waals surface area contributed by atoms with Crippen LogP contribution >= 0.6 is 0 Å². The molecule has 0 saturated heterocycles. The summed E-state index contributed by atoms with van der Waals surface area (Å²) in [6.07, 6.45) is 0. The Kier molecular flexibility index (Phi) is 13.2. The highest BCUT2D eigenvalue weighted by atomic mass is 15.1. The summed E-state index contributed by atoms with van der Waals surface area (Å²) in [5.41, 5.74) is 20.5. The van der Waals surface area contributed by atoms with Crippen molar-refractivity contribution in [3.05, 3.63) is 358 Å². The first-order valence-electron chi connectivity index (χ1n) is 31.3. The lowest BCUT2D eigenvalue weighted by Crippen LogP contribution is -2.10. The van der Waals surface area contributed by atoms with Gasteiger partial charge in [0.25, 0.3) is 0 Å². The average molecular weight is 1160 g/mol. The summed E-state index contributed by atoms with van der Waals surface area (Å²) in [4.78, 5) is 2.40. The van der Waals surface area contributed by atoms with Crippen LogP contribution in [-0.4, -0.2) is 9.13 Å². The van der Waals surface area contributed by atoms with Gasteiger partial charge in [-0.2, -0.15) is 0 Å². The fourth-order valence-corrected chi connectivity index (χ4v) is 14.4. The normalized spacial score (nSPS) is 11.5. The second-order valence-corrected chi connectivity index (χ2v) is 23.4. The molecular formula is C88H59N3. The second kappa shape index (κ2) is 22.6. The van der Waals surface area contributed by atoms with E-state index >= 15 is 0 Å². The fraction of sp³-hybridized carbons (Fsp3) is 0. The van der Waals surface area contributed by atoms with Crippen molar-refractivity contribution < 1.29 is 0 Å². The number of rotatable bonds is 9. The fourth-order valence-electron chi connectivity index (χ4n) is 14.4. The third-order valence-electron chi connectivity index (χ3n) is 18.3. The molecule has 0 unspecified atom stereocenters. The topological polar surface area (TPSA) is 13.1 Å². The predicted molar refractivity (Wildman–Crippen MR) is 388 cm³/mol. The molecule has 0 spiro atoms. The van der Waals surface area contributed by atoms with Crippen LogP contribution in [0, 0.1) is 0 Å². The lowest BCUT2D eigenvalue weighted by atomic mass is 9.85. The maximum Gasteiger partial charge on any atom is 0.0542 e. The Labute approximate surface area is 528 Å². The van der Waals surface area contributed by atoms with Crippen LogP contribution in [0.15, 0.2) is 358 Å².